The number of aromatic nitrogens is 2. The molecular formula is C21H23N3O4. The molecule has 146 valence electrons. The number of amides is 1. The molecule has 0 aliphatic carbocycles. The average molecular weight is 381 g/mol. The minimum Gasteiger partial charge on any atom is -0.493 e. The maximum atomic E-state index is 12.8. The van der Waals surface area contributed by atoms with E-state index >= 15 is 0 Å². The topological polar surface area (TPSA) is 77.7 Å². The Morgan fingerprint density at radius 1 is 1.11 bits per heavy atom. The lowest BCUT2D eigenvalue weighted by Gasteiger charge is -2.23. The van der Waals surface area contributed by atoms with Crippen molar-refractivity contribution in [2.75, 3.05) is 14.2 Å². The molecule has 0 radical (unpaired) electrons. The second-order valence-electron chi connectivity index (χ2n) is 6.24. The summed E-state index contributed by atoms with van der Waals surface area (Å²) in [4.78, 5) is 18.7. The molecule has 3 rings (SSSR count). The number of hydrogen-bond donors (Lipinski definition) is 0. The molecule has 1 aromatic heterocycles. The second kappa shape index (κ2) is 9.03. The van der Waals surface area contributed by atoms with Gasteiger partial charge in [-0.1, -0.05) is 54.5 Å². The first-order valence-electron chi connectivity index (χ1n) is 9.05. The fourth-order valence-corrected chi connectivity index (χ4v) is 2.73. The van der Waals surface area contributed by atoms with Gasteiger partial charge in [0.05, 0.1) is 13.7 Å². The number of hydrogen-bond acceptors (Lipinski definition) is 6. The fourth-order valence-electron chi connectivity index (χ4n) is 2.73. The summed E-state index contributed by atoms with van der Waals surface area (Å²) >= 11 is 0. The van der Waals surface area contributed by atoms with Gasteiger partial charge in [-0.05, 0) is 18.6 Å². The molecule has 0 N–H and O–H groups in total. The molecule has 0 spiro atoms. The SMILES string of the molecule is CCC(Oc1ccccc1OC)C(=O)N(C)Cc1nc(-c2ccccc2)no1. The first kappa shape index (κ1) is 19.4. The van der Waals surface area contributed by atoms with E-state index in [0.29, 0.717) is 29.6 Å². The molecule has 0 bridgehead atoms. The summed E-state index contributed by atoms with van der Waals surface area (Å²) in [5, 5.41) is 3.98. The van der Waals surface area contributed by atoms with Crippen LogP contribution >= 0.6 is 0 Å². The van der Waals surface area contributed by atoms with Crippen LogP contribution in [-0.2, 0) is 11.3 Å². The standard InChI is InChI=1S/C21H23N3O4/c1-4-16(27-18-13-9-8-12-17(18)26-3)21(25)24(2)14-19-22-20(23-28-19)15-10-6-5-7-11-15/h5-13,16H,4,14H2,1-3H3. The van der Waals surface area contributed by atoms with Crippen molar-refractivity contribution >= 4 is 5.91 Å². The van der Waals surface area contributed by atoms with Crippen LogP contribution < -0.4 is 9.47 Å². The number of para-hydroxylation sites is 2. The second-order valence-corrected chi connectivity index (χ2v) is 6.24. The summed E-state index contributed by atoms with van der Waals surface area (Å²) in [7, 11) is 3.25. The van der Waals surface area contributed by atoms with Crippen LogP contribution in [0.3, 0.4) is 0 Å². The molecule has 0 saturated heterocycles. The van der Waals surface area contributed by atoms with Gasteiger partial charge in [-0.3, -0.25) is 4.79 Å². The Kier molecular flexibility index (Phi) is 6.26. The van der Waals surface area contributed by atoms with E-state index in [1.54, 1.807) is 26.3 Å². The molecule has 7 nitrogen and oxygen atoms in total. The normalized spacial score (nSPS) is 11.7. The Morgan fingerprint density at radius 2 is 1.79 bits per heavy atom. The van der Waals surface area contributed by atoms with Crippen molar-refractivity contribution in [3.8, 4) is 22.9 Å². The number of ether oxygens (including phenoxy) is 2. The van der Waals surface area contributed by atoms with Gasteiger partial charge >= 0.3 is 0 Å². The van der Waals surface area contributed by atoms with Crippen LogP contribution in [0.15, 0.2) is 59.1 Å². The Balaban J connectivity index is 1.67. The predicted octanol–water partition coefficient (Wildman–Crippen LogP) is 3.56. The quantitative estimate of drug-likeness (QED) is 0.594. The lowest BCUT2D eigenvalue weighted by atomic mass is 10.2. The van der Waals surface area contributed by atoms with E-state index in [-0.39, 0.29) is 12.5 Å². The van der Waals surface area contributed by atoms with Crippen molar-refractivity contribution in [2.24, 2.45) is 0 Å². The van der Waals surface area contributed by atoms with Gasteiger partial charge < -0.3 is 18.9 Å². The number of benzene rings is 2. The molecule has 1 atom stereocenters. The molecule has 0 fully saturated rings. The first-order valence-corrected chi connectivity index (χ1v) is 9.05. The zero-order valence-corrected chi connectivity index (χ0v) is 16.2. The monoisotopic (exact) mass is 381 g/mol. The number of methoxy groups -OCH3 is 1. The molecule has 3 aromatic rings. The highest BCUT2D eigenvalue weighted by Gasteiger charge is 2.25. The Morgan fingerprint density at radius 3 is 2.46 bits per heavy atom. The van der Waals surface area contributed by atoms with Gasteiger partial charge in [-0.2, -0.15) is 4.98 Å². The van der Waals surface area contributed by atoms with E-state index in [0.717, 1.165) is 5.56 Å². The lowest BCUT2D eigenvalue weighted by Crippen LogP contribution is -2.39. The van der Waals surface area contributed by atoms with Gasteiger partial charge in [0.15, 0.2) is 17.6 Å². The van der Waals surface area contributed by atoms with Crippen LogP contribution in [0.5, 0.6) is 11.5 Å². The Bertz CT molecular complexity index is 911. The molecule has 1 unspecified atom stereocenters. The summed E-state index contributed by atoms with van der Waals surface area (Å²) in [5.74, 6) is 1.80. The highest BCUT2D eigenvalue weighted by atomic mass is 16.5. The number of carbonyl (C=O) groups is 1. The Hall–Kier alpha value is -3.35. The molecule has 0 aliphatic heterocycles. The van der Waals surface area contributed by atoms with Crippen LogP contribution in [0.2, 0.25) is 0 Å². The maximum absolute atomic E-state index is 12.8. The molecule has 0 aliphatic rings. The number of rotatable bonds is 8. The van der Waals surface area contributed by atoms with Crippen molar-refractivity contribution in [1.29, 1.82) is 0 Å². The highest BCUT2D eigenvalue weighted by molar-refractivity contribution is 5.81. The van der Waals surface area contributed by atoms with Crippen molar-refractivity contribution in [3.63, 3.8) is 0 Å². The summed E-state index contributed by atoms with van der Waals surface area (Å²) in [6.45, 7) is 2.09. The third kappa shape index (κ3) is 4.49. The third-order valence-electron chi connectivity index (χ3n) is 4.23. The van der Waals surface area contributed by atoms with E-state index in [2.05, 4.69) is 10.1 Å². The molecule has 0 saturated carbocycles. The van der Waals surface area contributed by atoms with Crippen molar-refractivity contribution in [3.05, 3.63) is 60.5 Å². The summed E-state index contributed by atoms with van der Waals surface area (Å²) in [6, 6.07) is 16.8. The number of nitrogens with zero attached hydrogens (tertiary/aromatic N) is 3. The minimum absolute atomic E-state index is 0.173. The smallest absolute Gasteiger partial charge is 0.263 e. The fraction of sp³-hybridized carbons (Fsp3) is 0.286. The molecule has 2 aromatic carbocycles. The average Bonchev–Trinajstić information content (AvgIpc) is 3.20. The van der Waals surface area contributed by atoms with Crippen LogP contribution in [-0.4, -0.2) is 41.2 Å². The highest BCUT2D eigenvalue weighted by Crippen LogP contribution is 2.27. The first-order chi connectivity index (χ1) is 13.6. The van der Waals surface area contributed by atoms with Crippen molar-refractivity contribution in [2.45, 2.75) is 26.0 Å². The lowest BCUT2D eigenvalue weighted by molar-refractivity contribution is -0.138. The van der Waals surface area contributed by atoms with Crippen LogP contribution in [0.4, 0.5) is 0 Å². The Labute approximate surface area is 163 Å². The molecular weight excluding hydrogens is 358 g/mol. The zero-order chi connectivity index (χ0) is 19.9. The van der Waals surface area contributed by atoms with Gasteiger partial charge in [0.2, 0.25) is 11.7 Å². The van der Waals surface area contributed by atoms with Gasteiger partial charge in [0, 0.05) is 12.6 Å². The summed E-state index contributed by atoms with van der Waals surface area (Å²) in [6.07, 6.45) is -0.127. The molecule has 1 amide bonds. The largest absolute Gasteiger partial charge is 0.493 e. The molecule has 7 heteroatoms. The van der Waals surface area contributed by atoms with Gasteiger partial charge in [-0.25, -0.2) is 0 Å². The van der Waals surface area contributed by atoms with E-state index in [1.807, 2.05) is 49.4 Å². The van der Waals surface area contributed by atoms with Crippen molar-refractivity contribution in [1.82, 2.24) is 15.0 Å². The molecule has 1 heterocycles. The summed E-state index contributed by atoms with van der Waals surface area (Å²) < 4.78 is 16.5. The minimum atomic E-state index is -0.641. The van der Waals surface area contributed by atoms with Crippen LogP contribution in [0.25, 0.3) is 11.4 Å². The third-order valence-corrected chi connectivity index (χ3v) is 4.23. The van der Waals surface area contributed by atoms with Crippen LogP contribution in [0, 0.1) is 0 Å². The van der Waals surface area contributed by atoms with E-state index in [4.69, 9.17) is 14.0 Å². The van der Waals surface area contributed by atoms with E-state index < -0.39 is 6.10 Å². The zero-order valence-electron chi connectivity index (χ0n) is 16.2. The summed E-state index contributed by atoms with van der Waals surface area (Å²) in [5.41, 5.74) is 0.859. The van der Waals surface area contributed by atoms with Crippen LogP contribution in [0.1, 0.15) is 19.2 Å². The number of carbonyl (C=O) groups excluding carboxylic acids is 1. The maximum Gasteiger partial charge on any atom is 0.263 e. The predicted molar refractivity (Wildman–Crippen MR) is 104 cm³/mol. The van der Waals surface area contributed by atoms with Gasteiger partial charge in [0.25, 0.3) is 5.91 Å². The van der Waals surface area contributed by atoms with E-state index in [1.165, 1.54) is 4.90 Å². The molecule has 28 heavy (non-hydrogen) atoms. The van der Waals surface area contributed by atoms with E-state index in [9.17, 15) is 4.79 Å². The van der Waals surface area contributed by atoms with Crippen molar-refractivity contribution < 1.29 is 18.8 Å². The number of likely N-dealkylation sites (N-methyl/N-ethyl adjacent to an activating group) is 1. The van der Waals surface area contributed by atoms with Gasteiger partial charge in [-0.15, -0.1) is 0 Å². The van der Waals surface area contributed by atoms with Gasteiger partial charge in [0.1, 0.15) is 0 Å².